The van der Waals surface area contributed by atoms with Crippen LogP contribution >= 0.6 is 11.3 Å². The van der Waals surface area contributed by atoms with E-state index in [9.17, 15) is 9.59 Å². The highest BCUT2D eigenvalue weighted by molar-refractivity contribution is 7.10. The topological polar surface area (TPSA) is 96.2 Å². The number of nitrogens with one attached hydrogen (secondary N) is 3. The first-order chi connectivity index (χ1) is 13.1. The number of carbonyl (C=O) groups excluding carboxylic acids is 2. The van der Waals surface area contributed by atoms with Crippen molar-refractivity contribution in [3.05, 3.63) is 77.0 Å². The van der Waals surface area contributed by atoms with E-state index in [2.05, 4.69) is 16.0 Å². The van der Waals surface area contributed by atoms with Crippen molar-refractivity contribution in [1.29, 1.82) is 0 Å². The van der Waals surface area contributed by atoms with Gasteiger partial charge in [-0.2, -0.15) is 0 Å². The van der Waals surface area contributed by atoms with E-state index in [0.717, 1.165) is 16.3 Å². The van der Waals surface area contributed by atoms with Crippen molar-refractivity contribution in [3.63, 3.8) is 0 Å². The molecule has 0 saturated heterocycles. The molecule has 3 amide bonds. The molecular weight excluding hydrogens is 360 g/mol. The Morgan fingerprint density at radius 1 is 0.889 bits per heavy atom. The second kappa shape index (κ2) is 8.86. The first-order valence-electron chi connectivity index (χ1n) is 8.41. The van der Waals surface area contributed by atoms with Gasteiger partial charge in [-0.15, -0.1) is 11.3 Å². The molecule has 0 aliphatic rings. The van der Waals surface area contributed by atoms with Crippen LogP contribution in [-0.2, 0) is 4.79 Å². The molecule has 1 heterocycles. The van der Waals surface area contributed by atoms with Crippen LogP contribution in [0.4, 0.5) is 21.9 Å². The Kier molecular flexibility index (Phi) is 6.06. The van der Waals surface area contributed by atoms with Gasteiger partial charge in [-0.1, -0.05) is 24.3 Å². The van der Waals surface area contributed by atoms with Crippen LogP contribution in [0, 0.1) is 0 Å². The minimum atomic E-state index is -0.655. The summed E-state index contributed by atoms with van der Waals surface area (Å²) >= 11 is 1.47. The van der Waals surface area contributed by atoms with Gasteiger partial charge in [-0.05, 0) is 47.8 Å². The number of hydrogen-bond acceptors (Lipinski definition) is 4. The molecule has 27 heavy (non-hydrogen) atoms. The highest BCUT2D eigenvalue weighted by atomic mass is 32.1. The van der Waals surface area contributed by atoms with Gasteiger partial charge in [-0.3, -0.25) is 4.79 Å². The molecule has 5 N–H and O–H groups in total. The van der Waals surface area contributed by atoms with Crippen molar-refractivity contribution in [2.45, 2.75) is 12.5 Å². The van der Waals surface area contributed by atoms with Gasteiger partial charge in [0, 0.05) is 21.9 Å². The molecule has 138 valence electrons. The number of benzene rings is 2. The molecule has 1 aromatic heterocycles. The minimum absolute atomic E-state index is 0.105. The number of thiophene rings is 1. The Hall–Kier alpha value is -3.32. The van der Waals surface area contributed by atoms with Crippen molar-refractivity contribution in [2.75, 3.05) is 10.6 Å². The summed E-state index contributed by atoms with van der Waals surface area (Å²) in [5, 5.41) is 10.6. The van der Waals surface area contributed by atoms with E-state index in [1.807, 2.05) is 72.1 Å². The Labute approximate surface area is 161 Å². The van der Waals surface area contributed by atoms with Crippen LogP contribution < -0.4 is 21.7 Å². The summed E-state index contributed by atoms with van der Waals surface area (Å²) in [5.41, 5.74) is 7.82. The standard InChI is InChI=1S/C20H20N4O2S/c21-20(26)24-17(18-7-4-12-27-18)13-19(25)23-16-10-8-15(9-11-16)22-14-5-2-1-3-6-14/h1-12,17,22H,13H2,(H,23,25)(H3,21,24,26). The van der Waals surface area contributed by atoms with E-state index in [4.69, 9.17) is 5.73 Å². The van der Waals surface area contributed by atoms with Gasteiger partial charge in [0.2, 0.25) is 5.91 Å². The number of rotatable bonds is 7. The monoisotopic (exact) mass is 380 g/mol. The summed E-state index contributed by atoms with van der Waals surface area (Å²) in [6, 6.07) is 19.9. The molecule has 0 aliphatic carbocycles. The van der Waals surface area contributed by atoms with Gasteiger partial charge in [0.1, 0.15) is 0 Å². The summed E-state index contributed by atoms with van der Waals surface area (Å²) < 4.78 is 0. The van der Waals surface area contributed by atoms with E-state index in [-0.39, 0.29) is 12.3 Å². The number of anilines is 3. The third kappa shape index (κ3) is 5.58. The lowest BCUT2D eigenvalue weighted by Gasteiger charge is -2.16. The van der Waals surface area contributed by atoms with Crippen LogP contribution in [0.3, 0.4) is 0 Å². The Morgan fingerprint density at radius 3 is 2.19 bits per heavy atom. The van der Waals surface area contributed by atoms with Crippen LogP contribution in [0.15, 0.2) is 72.1 Å². The van der Waals surface area contributed by atoms with Crippen molar-refractivity contribution in [1.82, 2.24) is 5.32 Å². The summed E-state index contributed by atoms with van der Waals surface area (Å²) in [6.07, 6.45) is 0.105. The third-order valence-electron chi connectivity index (χ3n) is 3.82. The molecule has 0 radical (unpaired) electrons. The molecule has 3 aromatic rings. The summed E-state index contributed by atoms with van der Waals surface area (Å²) in [4.78, 5) is 24.5. The Bertz CT molecular complexity index is 880. The maximum Gasteiger partial charge on any atom is 0.312 e. The highest BCUT2D eigenvalue weighted by Crippen LogP contribution is 2.23. The van der Waals surface area contributed by atoms with Gasteiger partial charge < -0.3 is 21.7 Å². The van der Waals surface area contributed by atoms with Gasteiger partial charge in [0.25, 0.3) is 0 Å². The molecule has 1 unspecified atom stereocenters. The van der Waals surface area contributed by atoms with E-state index < -0.39 is 12.1 Å². The fourth-order valence-electron chi connectivity index (χ4n) is 2.61. The number of amides is 3. The molecule has 7 heteroatoms. The van der Waals surface area contributed by atoms with Crippen molar-refractivity contribution in [2.24, 2.45) is 5.73 Å². The number of carbonyl (C=O) groups is 2. The van der Waals surface area contributed by atoms with Gasteiger partial charge in [0.15, 0.2) is 0 Å². The molecule has 3 rings (SSSR count). The number of urea groups is 1. The largest absolute Gasteiger partial charge is 0.356 e. The molecule has 0 saturated carbocycles. The number of hydrogen-bond donors (Lipinski definition) is 4. The second-order valence-electron chi connectivity index (χ2n) is 5.90. The zero-order valence-electron chi connectivity index (χ0n) is 14.5. The fourth-order valence-corrected chi connectivity index (χ4v) is 3.38. The highest BCUT2D eigenvalue weighted by Gasteiger charge is 2.18. The van der Waals surface area contributed by atoms with Crippen LogP contribution in [0.25, 0.3) is 0 Å². The van der Waals surface area contributed by atoms with E-state index in [1.165, 1.54) is 11.3 Å². The molecule has 6 nitrogen and oxygen atoms in total. The normalized spacial score (nSPS) is 11.4. The Balaban J connectivity index is 1.59. The SMILES string of the molecule is NC(=O)NC(CC(=O)Nc1ccc(Nc2ccccc2)cc1)c1cccs1. The summed E-state index contributed by atoms with van der Waals surface area (Å²) in [6.45, 7) is 0. The average molecular weight is 380 g/mol. The number of nitrogens with two attached hydrogens (primary N) is 1. The zero-order chi connectivity index (χ0) is 19.1. The molecule has 0 bridgehead atoms. The lowest BCUT2D eigenvalue weighted by molar-refractivity contribution is -0.116. The summed E-state index contributed by atoms with van der Waals surface area (Å²) in [7, 11) is 0. The van der Waals surface area contributed by atoms with Gasteiger partial charge >= 0.3 is 6.03 Å². The molecule has 0 spiro atoms. The van der Waals surface area contributed by atoms with Crippen molar-refractivity contribution < 1.29 is 9.59 Å². The lowest BCUT2D eigenvalue weighted by atomic mass is 10.1. The van der Waals surface area contributed by atoms with E-state index >= 15 is 0 Å². The predicted octanol–water partition coefficient (Wildman–Crippen LogP) is 4.23. The first kappa shape index (κ1) is 18.5. The van der Waals surface area contributed by atoms with Gasteiger partial charge in [0.05, 0.1) is 12.5 Å². The minimum Gasteiger partial charge on any atom is -0.356 e. The first-order valence-corrected chi connectivity index (χ1v) is 9.29. The predicted molar refractivity (Wildman–Crippen MR) is 109 cm³/mol. The smallest absolute Gasteiger partial charge is 0.312 e. The van der Waals surface area contributed by atoms with Crippen molar-refractivity contribution >= 4 is 40.3 Å². The molecule has 0 fully saturated rings. The average Bonchev–Trinajstić information content (AvgIpc) is 3.18. The van der Waals surface area contributed by atoms with Crippen LogP contribution in [-0.4, -0.2) is 11.9 Å². The van der Waals surface area contributed by atoms with Crippen LogP contribution in [0.1, 0.15) is 17.3 Å². The molecule has 1 atom stereocenters. The fraction of sp³-hybridized carbons (Fsp3) is 0.100. The molecular formula is C20H20N4O2S. The molecule has 2 aromatic carbocycles. The maximum absolute atomic E-state index is 12.4. The third-order valence-corrected chi connectivity index (χ3v) is 4.81. The number of para-hydroxylation sites is 1. The van der Waals surface area contributed by atoms with E-state index in [1.54, 1.807) is 0 Å². The van der Waals surface area contributed by atoms with Crippen LogP contribution in [0.2, 0.25) is 0 Å². The van der Waals surface area contributed by atoms with Gasteiger partial charge in [-0.25, -0.2) is 4.79 Å². The zero-order valence-corrected chi connectivity index (χ0v) is 15.3. The lowest BCUT2D eigenvalue weighted by Crippen LogP contribution is -2.34. The Morgan fingerprint density at radius 2 is 1.56 bits per heavy atom. The number of primary amides is 1. The van der Waals surface area contributed by atoms with Crippen molar-refractivity contribution in [3.8, 4) is 0 Å². The quantitative estimate of drug-likeness (QED) is 0.494. The second-order valence-corrected chi connectivity index (χ2v) is 6.88. The van der Waals surface area contributed by atoms with E-state index in [0.29, 0.717) is 5.69 Å². The maximum atomic E-state index is 12.4. The van der Waals surface area contributed by atoms with Crippen LogP contribution in [0.5, 0.6) is 0 Å². The summed E-state index contributed by atoms with van der Waals surface area (Å²) in [5.74, 6) is -0.203. The molecule has 0 aliphatic heterocycles.